The summed E-state index contributed by atoms with van der Waals surface area (Å²) in [5.74, 6) is 0.637. The minimum atomic E-state index is -0.365. The van der Waals surface area contributed by atoms with E-state index in [1.54, 1.807) is 4.90 Å². The molecule has 0 bridgehead atoms. The molecule has 1 saturated heterocycles. The molecule has 5 heteroatoms. The topological polar surface area (TPSA) is 55.8 Å². The molecule has 0 saturated carbocycles. The van der Waals surface area contributed by atoms with E-state index < -0.39 is 0 Å². The van der Waals surface area contributed by atoms with Gasteiger partial charge >= 0.3 is 6.09 Å². The molecule has 0 aromatic heterocycles. The minimum absolute atomic E-state index is 0.180. The van der Waals surface area contributed by atoms with Crippen molar-refractivity contribution in [1.29, 1.82) is 0 Å². The van der Waals surface area contributed by atoms with Crippen molar-refractivity contribution in [3.8, 4) is 0 Å². The highest BCUT2D eigenvalue weighted by Gasteiger charge is 2.30. The first kappa shape index (κ1) is 14.7. The van der Waals surface area contributed by atoms with Gasteiger partial charge in [-0.15, -0.1) is 0 Å². The first-order chi connectivity index (χ1) is 7.30. The lowest BCUT2D eigenvalue weighted by atomic mass is 10.0. The van der Waals surface area contributed by atoms with Gasteiger partial charge in [0.1, 0.15) is 5.60 Å². The third-order valence-electron chi connectivity index (χ3n) is 1.81. The molecule has 0 aromatic rings. The molecule has 0 spiro atoms. The molecule has 5 nitrogen and oxygen atoms in total. The largest absolute Gasteiger partial charge is 0.471 e. The average molecular weight is 231 g/mol. The van der Waals surface area contributed by atoms with Crippen molar-refractivity contribution in [3.63, 3.8) is 0 Å². The standard InChI is InChI=1S/C9H17NO2.C2H4O2/c1-7-5-10(6-7)8(11)12-9(2,3)4;1-4-2-3/h7H,5-6H2,1-4H3;2H,1H3. The number of hydrogen-bond donors (Lipinski definition) is 0. The molecule has 1 heterocycles. The Morgan fingerprint density at radius 1 is 1.38 bits per heavy atom. The van der Waals surface area contributed by atoms with Crippen LogP contribution in [0, 0.1) is 5.92 Å². The van der Waals surface area contributed by atoms with Crippen LogP contribution in [0.4, 0.5) is 4.79 Å². The summed E-state index contributed by atoms with van der Waals surface area (Å²) in [6.45, 7) is 9.83. The Kier molecular flexibility index (Phi) is 5.85. The first-order valence-electron chi connectivity index (χ1n) is 5.24. The van der Waals surface area contributed by atoms with Crippen LogP contribution in [-0.2, 0) is 14.3 Å². The summed E-state index contributed by atoms with van der Waals surface area (Å²) in [6, 6.07) is 0. The number of methoxy groups -OCH3 is 1. The Balaban J connectivity index is 0.000000487. The van der Waals surface area contributed by atoms with E-state index in [9.17, 15) is 4.79 Å². The molecule has 16 heavy (non-hydrogen) atoms. The summed E-state index contributed by atoms with van der Waals surface area (Å²) in [5.41, 5.74) is -0.365. The minimum Gasteiger partial charge on any atom is -0.471 e. The number of rotatable bonds is 1. The van der Waals surface area contributed by atoms with Crippen LogP contribution in [0.15, 0.2) is 0 Å². The Morgan fingerprint density at radius 2 is 1.81 bits per heavy atom. The zero-order valence-electron chi connectivity index (χ0n) is 10.6. The van der Waals surface area contributed by atoms with E-state index in [4.69, 9.17) is 9.53 Å². The lowest BCUT2D eigenvalue weighted by molar-refractivity contribution is -0.126. The molecule has 0 radical (unpaired) electrons. The maximum Gasteiger partial charge on any atom is 0.410 e. The van der Waals surface area contributed by atoms with Gasteiger partial charge in [0.15, 0.2) is 0 Å². The second-order valence-corrected chi connectivity index (χ2v) is 4.82. The molecular weight excluding hydrogens is 210 g/mol. The number of ether oxygens (including phenoxy) is 2. The number of amides is 1. The highest BCUT2D eigenvalue weighted by Crippen LogP contribution is 2.18. The van der Waals surface area contributed by atoms with Crippen LogP contribution in [0.3, 0.4) is 0 Å². The van der Waals surface area contributed by atoms with E-state index in [0.717, 1.165) is 13.1 Å². The lowest BCUT2D eigenvalue weighted by Gasteiger charge is -2.37. The highest BCUT2D eigenvalue weighted by molar-refractivity contribution is 5.69. The number of carbonyl (C=O) groups is 2. The summed E-state index contributed by atoms with van der Waals surface area (Å²) < 4.78 is 9.04. The third-order valence-corrected chi connectivity index (χ3v) is 1.81. The molecule has 1 rings (SSSR count). The smallest absolute Gasteiger partial charge is 0.410 e. The van der Waals surface area contributed by atoms with Gasteiger partial charge in [0.05, 0.1) is 7.11 Å². The van der Waals surface area contributed by atoms with Crippen molar-refractivity contribution in [2.24, 2.45) is 5.92 Å². The van der Waals surface area contributed by atoms with Crippen LogP contribution < -0.4 is 0 Å². The van der Waals surface area contributed by atoms with Gasteiger partial charge in [-0.25, -0.2) is 4.79 Å². The van der Waals surface area contributed by atoms with Crippen molar-refractivity contribution in [2.75, 3.05) is 20.2 Å². The molecular formula is C11H21NO4. The normalized spacial score (nSPS) is 15.4. The molecule has 1 aliphatic heterocycles. The monoisotopic (exact) mass is 231 g/mol. The van der Waals surface area contributed by atoms with E-state index in [1.165, 1.54) is 7.11 Å². The van der Waals surface area contributed by atoms with Gasteiger partial charge in [0.25, 0.3) is 6.47 Å². The van der Waals surface area contributed by atoms with Gasteiger partial charge in [0.2, 0.25) is 0 Å². The van der Waals surface area contributed by atoms with Crippen LogP contribution in [-0.4, -0.2) is 43.3 Å². The van der Waals surface area contributed by atoms with Gasteiger partial charge in [-0.3, -0.25) is 4.79 Å². The van der Waals surface area contributed by atoms with Gasteiger partial charge in [-0.05, 0) is 26.7 Å². The van der Waals surface area contributed by atoms with E-state index in [2.05, 4.69) is 11.7 Å². The molecule has 0 atom stereocenters. The van der Waals surface area contributed by atoms with Crippen molar-refractivity contribution in [3.05, 3.63) is 0 Å². The fourth-order valence-corrected chi connectivity index (χ4v) is 1.17. The fraction of sp³-hybridized carbons (Fsp3) is 0.818. The summed E-state index contributed by atoms with van der Waals surface area (Å²) in [7, 11) is 1.31. The SMILES string of the molecule is CC1CN(C(=O)OC(C)(C)C)C1.COC=O. The second-order valence-electron chi connectivity index (χ2n) is 4.82. The molecule has 1 amide bonds. The Bertz CT molecular complexity index is 229. The van der Waals surface area contributed by atoms with E-state index in [-0.39, 0.29) is 11.7 Å². The fourth-order valence-electron chi connectivity index (χ4n) is 1.17. The second kappa shape index (κ2) is 6.35. The number of likely N-dealkylation sites (tertiary alicyclic amines) is 1. The summed E-state index contributed by atoms with van der Waals surface area (Å²) in [6.07, 6.45) is -0.180. The van der Waals surface area contributed by atoms with Crippen molar-refractivity contribution < 1.29 is 19.1 Å². The van der Waals surface area contributed by atoms with Crippen LogP contribution >= 0.6 is 0 Å². The molecule has 1 aliphatic rings. The van der Waals surface area contributed by atoms with Crippen LogP contribution in [0.5, 0.6) is 0 Å². The van der Waals surface area contributed by atoms with E-state index in [1.807, 2.05) is 20.8 Å². The van der Waals surface area contributed by atoms with Crippen molar-refractivity contribution in [1.82, 2.24) is 4.90 Å². The number of carbonyl (C=O) groups excluding carboxylic acids is 2. The van der Waals surface area contributed by atoms with Gasteiger partial charge in [-0.2, -0.15) is 0 Å². The van der Waals surface area contributed by atoms with E-state index >= 15 is 0 Å². The Hall–Kier alpha value is -1.26. The van der Waals surface area contributed by atoms with Gasteiger partial charge in [0, 0.05) is 13.1 Å². The first-order valence-corrected chi connectivity index (χ1v) is 5.24. The van der Waals surface area contributed by atoms with Crippen molar-refractivity contribution >= 4 is 12.6 Å². The quantitative estimate of drug-likeness (QED) is 0.644. The Morgan fingerprint density at radius 3 is 2.06 bits per heavy atom. The molecule has 0 unspecified atom stereocenters. The van der Waals surface area contributed by atoms with Crippen molar-refractivity contribution in [2.45, 2.75) is 33.3 Å². The summed E-state index contributed by atoms with van der Waals surface area (Å²) in [4.78, 5) is 22.0. The lowest BCUT2D eigenvalue weighted by Crippen LogP contribution is -2.50. The number of hydrogen-bond acceptors (Lipinski definition) is 4. The highest BCUT2D eigenvalue weighted by atomic mass is 16.6. The zero-order chi connectivity index (χ0) is 12.8. The maximum absolute atomic E-state index is 11.3. The predicted octanol–water partition coefficient (Wildman–Crippen LogP) is 1.66. The molecule has 0 aromatic carbocycles. The Labute approximate surface area is 96.7 Å². The zero-order valence-corrected chi connectivity index (χ0v) is 10.6. The van der Waals surface area contributed by atoms with Gasteiger partial charge in [-0.1, -0.05) is 6.92 Å². The van der Waals surface area contributed by atoms with Gasteiger partial charge < -0.3 is 14.4 Å². The average Bonchev–Trinajstić information content (AvgIpc) is 2.10. The third kappa shape index (κ3) is 6.27. The number of nitrogens with zero attached hydrogens (tertiary/aromatic N) is 1. The van der Waals surface area contributed by atoms with E-state index in [0.29, 0.717) is 12.4 Å². The molecule has 0 N–H and O–H groups in total. The van der Waals surface area contributed by atoms with Crippen LogP contribution in [0.2, 0.25) is 0 Å². The van der Waals surface area contributed by atoms with Crippen LogP contribution in [0.25, 0.3) is 0 Å². The summed E-state index contributed by atoms with van der Waals surface area (Å²) in [5, 5.41) is 0. The predicted molar refractivity (Wildman–Crippen MR) is 60.0 cm³/mol. The summed E-state index contributed by atoms with van der Waals surface area (Å²) >= 11 is 0. The molecule has 0 aliphatic carbocycles. The van der Waals surface area contributed by atoms with Crippen LogP contribution in [0.1, 0.15) is 27.7 Å². The molecule has 1 fully saturated rings. The maximum atomic E-state index is 11.3. The molecule has 94 valence electrons.